The molecule has 4 aromatic heterocycles. The molecule has 0 amide bonds. The van der Waals surface area contributed by atoms with Crippen molar-refractivity contribution in [3.63, 3.8) is 0 Å². The Bertz CT molecular complexity index is 1140. The number of aromatic carboxylic acids is 1. The Morgan fingerprint density at radius 1 is 0.771 bits per heavy atom. The predicted molar refractivity (Wildman–Crippen MR) is 128 cm³/mol. The molecule has 0 saturated heterocycles. The van der Waals surface area contributed by atoms with Gasteiger partial charge in [-0.25, -0.2) is 9.78 Å². The monoisotopic (exact) mass is 649 g/mol. The number of aryl methyl sites for hydroxylation is 1. The van der Waals surface area contributed by atoms with Crippen molar-refractivity contribution >= 4 is 5.97 Å². The molecule has 4 aromatic rings. The first-order valence-electron chi connectivity index (χ1n) is 10.8. The molecule has 0 radical (unpaired) electrons. The van der Waals surface area contributed by atoms with Crippen molar-refractivity contribution in [1.82, 2.24) is 24.8 Å². The van der Waals surface area contributed by atoms with E-state index in [1.165, 1.54) is 12.3 Å². The van der Waals surface area contributed by atoms with Gasteiger partial charge in [0, 0.05) is 64.2 Å². The molecule has 35 heavy (non-hydrogen) atoms. The number of aliphatic hydroxyl groups is 1. The van der Waals surface area contributed by atoms with Crippen molar-refractivity contribution in [3.05, 3.63) is 119 Å². The summed E-state index contributed by atoms with van der Waals surface area (Å²) in [5.74, 6) is -0.983. The molecule has 8 nitrogen and oxygen atoms in total. The van der Waals surface area contributed by atoms with Crippen LogP contribution in [0, 0.1) is 6.92 Å². The van der Waals surface area contributed by atoms with Crippen molar-refractivity contribution in [2.75, 3.05) is 0 Å². The van der Waals surface area contributed by atoms with E-state index in [4.69, 9.17) is 5.11 Å². The molecule has 0 atom stereocenters. The number of hydrogen-bond acceptors (Lipinski definition) is 7. The molecular weight excluding hydrogens is 621 g/mol. The van der Waals surface area contributed by atoms with Crippen LogP contribution in [0.4, 0.5) is 0 Å². The summed E-state index contributed by atoms with van der Waals surface area (Å²) in [4.78, 5) is 29.4. The molecule has 0 spiro atoms. The third kappa shape index (κ3) is 9.79. The first-order valence-corrected chi connectivity index (χ1v) is 10.8. The first kappa shape index (κ1) is 27.9. The number of nitrogens with zero attached hydrogens (tertiary/aromatic N) is 5. The van der Waals surface area contributed by atoms with Crippen LogP contribution in [-0.4, -0.2) is 41.0 Å². The largest absolute Gasteiger partial charge is 0.477 e. The summed E-state index contributed by atoms with van der Waals surface area (Å²) in [7, 11) is 0. The van der Waals surface area contributed by atoms with E-state index in [1.54, 1.807) is 24.7 Å². The molecular formula is C26H27N5O3Os. The van der Waals surface area contributed by atoms with E-state index in [9.17, 15) is 9.90 Å². The predicted octanol–water partition coefficient (Wildman–Crippen LogP) is 3.65. The first-order chi connectivity index (χ1) is 16.5. The van der Waals surface area contributed by atoms with Gasteiger partial charge >= 0.3 is 5.97 Å². The van der Waals surface area contributed by atoms with Crippen LogP contribution in [0.15, 0.2) is 85.5 Å². The summed E-state index contributed by atoms with van der Waals surface area (Å²) in [5, 5.41) is 17.8. The molecule has 4 heterocycles. The minimum atomic E-state index is -0.983. The number of carboxylic acids is 1. The van der Waals surface area contributed by atoms with Crippen molar-refractivity contribution < 1.29 is 34.8 Å². The van der Waals surface area contributed by atoms with E-state index in [1.807, 2.05) is 55.5 Å². The summed E-state index contributed by atoms with van der Waals surface area (Å²) in [6.45, 7) is 3.94. The second kappa shape index (κ2) is 14.8. The third-order valence-electron chi connectivity index (χ3n) is 4.81. The maximum absolute atomic E-state index is 10.3. The number of rotatable bonds is 8. The van der Waals surface area contributed by atoms with Gasteiger partial charge in [0.15, 0.2) is 0 Å². The molecule has 0 aliphatic carbocycles. The van der Waals surface area contributed by atoms with Crippen LogP contribution < -0.4 is 0 Å². The minimum Gasteiger partial charge on any atom is -0.477 e. The van der Waals surface area contributed by atoms with Gasteiger partial charge in [-0.05, 0) is 66.6 Å². The maximum Gasteiger partial charge on any atom is 0.354 e. The minimum absolute atomic E-state index is 0. The van der Waals surface area contributed by atoms with Crippen LogP contribution in [0.2, 0.25) is 0 Å². The SMILES string of the molecule is Cc1ccnc(C(=O)O)c1.OCc1ccnc(CN(Cc2ccccn2)Cc2ccccn2)c1.[Os]. The van der Waals surface area contributed by atoms with Crippen LogP contribution in [0.5, 0.6) is 0 Å². The van der Waals surface area contributed by atoms with Crippen molar-refractivity contribution in [2.24, 2.45) is 0 Å². The number of aromatic nitrogens is 4. The topological polar surface area (TPSA) is 112 Å². The molecule has 0 fully saturated rings. The van der Waals surface area contributed by atoms with E-state index in [0.29, 0.717) is 19.6 Å². The van der Waals surface area contributed by atoms with Gasteiger partial charge in [-0.2, -0.15) is 0 Å². The Balaban J connectivity index is 0.000000332. The number of aliphatic hydroxyl groups excluding tert-OH is 1. The molecule has 4 rings (SSSR count). The number of hydrogen-bond donors (Lipinski definition) is 2. The molecule has 0 bridgehead atoms. The molecule has 0 aliphatic heterocycles. The van der Waals surface area contributed by atoms with Crippen LogP contribution in [0.25, 0.3) is 0 Å². The normalized spacial score (nSPS) is 10.1. The smallest absolute Gasteiger partial charge is 0.354 e. The number of carboxylic acid groups (broad SMARTS) is 1. The van der Waals surface area contributed by atoms with Gasteiger partial charge in [-0.3, -0.25) is 19.9 Å². The zero-order valence-corrected chi connectivity index (χ0v) is 21.8. The van der Waals surface area contributed by atoms with Gasteiger partial charge < -0.3 is 10.2 Å². The zero-order valence-electron chi connectivity index (χ0n) is 19.3. The van der Waals surface area contributed by atoms with Gasteiger partial charge in [-0.1, -0.05) is 12.1 Å². The van der Waals surface area contributed by atoms with Crippen molar-refractivity contribution in [1.29, 1.82) is 0 Å². The fraction of sp³-hybridized carbons (Fsp3) is 0.192. The van der Waals surface area contributed by atoms with Crippen LogP contribution >= 0.6 is 0 Å². The standard InChI is InChI=1S/C19H20N4O.C7H7NO2.Os/c24-15-16-7-10-22-19(11-16)14-23(12-17-5-1-3-8-20-17)13-18-6-2-4-9-21-18;1-5-2-3-8-6(4-5)7(9)10;/h1-11,24H,12-15H2;2-4H,1H3,(H,9,10);. The molecule has 0 unspecified atom stereocenters. The Hall–Kier alpha value is -3.37. The fourth-order valence-corrected chi connectivity index (χ4v) is 3.20. The summed E-state index contributed by atoms with van der Waals surface area (Å²) in [5.41, 5.74) is 4.81. The average Bonchev–Trinajstić information content (AvgIpc) is 2.86. The van der Waals surface area contributed by atoms with Gasteiger partial charge in [0.25, 0.3) is 0 Å². The third-order valence-corrected chi connectivity index (χ3v) is 4.81. The summed E-state index contributed by atoms with van der Waals surface area (Å²) in [6.07, 6.45) is 6.83. The molecule has 0 aliphatic rings. The van der Waals surface area contributed by atoms with Crippen LogP contribution in [-0.2, 0) is 46.0 Å². The fourth-order valence-electron chi connectivity index (χ4n) is 3.20. The molecule has 182 valence electrons. The van der Waals surface area contributed by atoms with Gasteiger partial charge in [0.05, 0.1) is 23.7 Å². The Morgan fingerprint density at radius 2 is 1.34 bits per heavy atom. The van der Waals surface area contributed by atoms with Gasteiger partial charge in [-0.15, -0.1) is 0 Å². The van der Waals surface area contributed by atoms with E-state index < -0.39 is 5.97 Å². The van der Waals surface area contributed by atoms with E-state index in [2.05, 4.69) is 24.8 Å². The maximum atomic E-state index is 10.3. The Labute approximate surface area is 217 Å². The Morgan fingerprint density at radius 3 is 1.83 bits per heavy atom. The molecule has 9 heteroatoms. The summed E-state index contributed by atoms with van der Waals surface area (Å²) >= 11 is 0. The van der Waals surface area contributed by atoms with E-state index >= 15 is 0 Å². The second-order valence-corrected chi connectivity index (χ2v) is 7.62. The summed E-state index contributed by atoms with van der Waals surface area (Å²) < 4.78 is 0. The zero-order chi connectivity index (χ0) is 24.2. The molecule has 0 aromatic carbocycles. The van der Waals surface area contributed by atoms with Gasteiger partial charge in [0.2, 0.25) is 0 Å². The van der Waals surface area contributed by atoms with Crippen molar-refractivity contribution in [2.45, 2.75) is 33.2 Å². The number of pyridine rings is 4. The van der Waals surface area contributed by atoms with Crippen LogP contribution in [0.3, 0.4) is 0 Å². The van der Waals surface area contributed by atoms with E-state index in [0.717, 1.165) is 28.2 Å². The quantitative estimate of drug-likeness (QED) is 0.298. The number of carbonyl (C=O) groups is 1. The summed E-state index contributed by atoms with van der Waals surface area (Å²) in [6, 6.07) is 18.9. The average molecular weight is 648 g/mol. The van der Waals surface area contributed by atoms with Crippen LogP contribution in [0.1, 0.15) is 38.7 Å². The van der Waals surface area contributed by atoms with E-state index in [-0.39, 0.29) is 32.1 Å². The molecule has 2 N–H and O–H groups in total. The van der Waals surface area contributed by atoms with Gasteiger partial charge in [0.1, 0.15) is 5.69 Å². The van der Waals surface area contributed by atoms with Crippen molar-refractivity contribution in [3.8, 4) is 0 Å². The molecule has 0 saturated carbocycles. The Kier molecular flexibility index (Phi) is 11.8. The second-order valence-electron chi connectivity index (χ2n) is 7.62.